The Labute approximate surface area is 134 Å². The minimum absolute atomic E-state index is 0.173. The van der Waals surface area contributed by atoms with E-state index in [0.717, 1.165) is 13.0 Å². The molecular formula is C13H19N5O4S. The zero-order valence-corrected chi connectivity index (χ0v) is 13.3. The van der Waals surface area contributed by atoms with Crippen molar-refractivity contribution in [2.24, 2.45) is 10.3 Å². The topological polar surface area (TPSA) is 166 Å². The number of nitriles is 1. The van der Waals surface area contributed by atoms with Crippen molar-refractivity contribution in [3.05, 3.63) is 23.8 Å². The summed E-state index contributed by atoms with van der Waals surface area (Å²) >= 11 is 0. The first kappa shape index (κ1) is 18.7. The van der Waals surface area contributed by atoms with E-state index in [9.17, 15) is 13.2 Å². The Hall–Kier alpha value is -2.35. The summed E-state index contributed by atoms with van der Waals surface area (Å²) in [5, 5.41) is 17.2. The van der Waals surface area contributed by atoms with Crippen LogP contribution in [0.3, 0.4) is 0 Å². The fraction of sp³-hybridized carbons (Fsp3) is 0.385. The maximum atomic E-state index is 11.4. The molecule has 0 bridgehead atoms. The highest BCUT2D eigenvalue weighted by Crippen LogP contribution is 2.23. The third kappa shape index (κ3) is 6.96. The van der Waals surface area contributed by atoms with E-state index in [1.165, 1.54) is 0 Å². The van der Waals surface area contributed by atoms with Gasteiger partial charge in [0.05, 0.1) is 12.2 Å². The van der Waals surface area contributed by atoms with Crippen LogP contribution < -0.4 is 20.7 Å². The van der Waals surface area contributed by atoms with E-state index in [0.29, 0.717) is 36.6 Å². The summed E-state index contributed by atoms with van der Waals surface area (Å²) in [7, 11) is -3.67. The number of benzene rings is 1. The summed E-state index contributed by atoms with van der Waals surface area (Å²) in [6.45, 7) is 1.73. The number of nitrogens with zero attached hydrogens (tertiary/aromatic N) is 2. The lowest BCUT2D eigenvalue weighted by Crippen LogP contribution is -2.29. The second-order valence-electron chi connectivity index (χ2n) is 4.75. The third-order valence-electron chi connectivity index (χ3n) is 2.96. The van der Waals surface area contributed by atoms with E-state index in [1.807, 2.05) is 6.07 Å². The standard InChI is InChI=1S/C13H15N3O2.H4N2O2S/c14-9-10-11(15)3-1-4-12(10)18-8-7-16-6-2-5-13(16)17;1-5(2,3)4/h1,3-4H,2,5-8,15H2;(H4,1,2,3,4). The van der Waals surface area contributed by atoms with Crippen LogP contribution in [0.4, 0.5) is 5.69 Å². The van der Waals surface area contributed by atoms with Crippen molar-refractivity contribution in [3.8, 4) is 11.8 Å². The molecule has 1 fully saturated rings. The predicted molar refractivity (Wildman–Crippen MR) is 84.2 cm³/mol. The Morgan fingerprint density at radius 1 is 1.35 bits per heavy atom. The van der Waals surface area contributed by atoms with E-state index in [4.69, 9.17) is 15.7 Å². The number of nitrogen functional groups attached to an aromatic ring is 1. The van der Waals surface area contributed by atoms with Crippen LogP contribution in [0.2, 0.25) is 0 Å². The van der Waals surface area contributed by atoms with Gasteiger partial charge in [0.15, 0.2) is 0 Å². The van der Waals surface area contributed by atoms with Crippen molar-refractivity contribution in [3.63, 3.8) is 0 Å². The second-order valence-corrected chi connectivity index (χ2v) is 5.93. The molecule has 1 aromatic rings. The van der Waals surface area contributed by atoms with Crippen LogP contribution in [-0.2, 0) is 15.0 Å². The molecule has 0 saturated carbocycles. The molecule has 10 heteroatoms. The van der Waals surface area contributed by atoms with Gasteiger partial charge in [-0.3, -0.25) is 4.79 Å². The molecule has 1 heterocycles. The summed E-state index contributed by atoms with van der Waals surface area (Å²) in [4.78, 5) is 13.2. The zero-order valence-electron chi connectivity index (χ0n) is 12.4. The summed E-state index contributed by atoms with van der Waals surface area (Å²) in [5.41, 5.74) is 6.44. The molecule has 1 amide bonds. The molecule has 1 aromatic carbocycles. The molecule has 0 unspecified atom stereocenters. The molecular weight excluding hydrogens is 322 g/mol. The van der Waals surface area contributed by atoms with Gasteiger partial charge in [-0.05, 0) is 18.6 Å². The van der Waals surface area contributed by atoms with E-state index in [2.05, 4.69) is 10.3 Å². The number of carbonyl (C=O) groups is 1. The minimum atomic E-state index is -3.67. The number of amides is 1. The van der Waals surface area contributed by atoms with Gasteiger partial charge in [0.1, 0.15) is 24.0 Å². The van der Waals surface area contributed by atoms with Gasteiger partial charge in [0.25, 0.3) is 10.2 Å². The molecule has 0 aromatic heterocycles. The monoisotopic (exact) mass is 341 g/mol. The molecule has 1 saturated heterocycles. The lowest BCUT2D eigenvalue weighted by molar-refractivity contribution is -0.128. The Balaban J connectivity index is 0.000000463. The van der Waals surface area contributed by atoms with Crippen LogP contribution in [0.5, 0.6) is 5.75 Å². The van der Waals surface area contributed by atoms with Crippen LogP contribution >= 0.6 is 0 Å². The maximum absolute atomic E-state index is 11.4. The molecule has 9 nitrogen and oxygen atoms in total. The van der Waals surface area contributed by atoms with E-state index >= 15 is 0 Å². The summed E-state index contributed by atoms with van der Waals surface area (Å²) in [6, 6.07) is 7.13. The number of carbonyl (C=O) groups excluding carboxylic acids is 1. The first-order chi connectivity index (χ1) is 10.7. The number of rotatable bonds is 4. The molecule has 6 N–H and O–H groups in total. The fourth-order valence-corrected chi connectivity index (χ4v) is 1.99. The van der Waals surface area contributed by atoms with Crippen LogP contribution in [0, 0.1) is 11.3 Å². The van der Waals surface area contributed by atoms with Crippen LogP contribution in [-0.4, -0.2) is 38.9 Å². The van der Waals surface area contributed by atoms with Gasteiger partial charge in [-0.25, -0.2) is 10.3 Å². The number of nitrogens with two attached hydrogens (primary N) is 3. The largest absolute Gasteiger partial charge is 0.490 e. The summed E-state index contributed by atoms with van der Waals surface area (Å²) in [5.74, 6) is 0.649. The number of anilines is 1. The van der Waals surface area contributed by atoms with Crippen molar-refractivity contribution in [2.45, 2.75) is 12.8 Å². The molecule has 0 aliphatic carbocycles. The highest BCUT2D eigenvalue weighted by atomic mass is 32.2. The Morgan fingerprint density at radius 2 is 2.00 bits per heavy atom. The number of ether oxygens (including phenoxy) is 1. The van der Waals surface area contributed by atoms with E-state index in [1.54, 1.807) is 23.1 Å². The molecule has 23 heavy (non-hydrogen) atoms. The van der Waals surface area contributed by atoms with Gasteiger partial charge in [-0.1, -0.05) is 6.07 Å². The molecule has 0 radical (unpaired) electrons. The molecule has 0 atom stereocenters. The number of hydrogen-bond acceptors (Lipinski definition) is 6. The van der Waals surface area contributed by atoms with Crippen LogP contribution in [0.1, 0.15) is 18.4 Å². The van der Waals surface area contributed by atoms with Gasteiger partial charge in [-0.2, -0.15) is 13.7 Å². The van der Waals surface area contributed by atoms with Gasteiger partial charge in [0, 0.05) is 13.0 Å². The van der Waals surface area contributed by atoms with Gasteiger partial charge < -0.3 is 15.4 Å². The van der Waals surface area contributed by atoms with Crippen molar-refractivity contribution in [1.29, 1.82) is 5.26 Å². The molecule has 2 rings (SSSR count). The summed E-state index contributed by atoms with van der Waals surface area (Å²) < 4.78 is 23.9. The molecule has 1 aliphatic rings. The SMILES string of the molecule is N#Cc1c(N)cccc1OCCN1CCCC1=O.NS(N)(=O)=O. The number of hydrogen-bond donors (Lipinski definition) is 3. The average Bonchev–Trinajstić information content (AvgIpc) is 2.83. The maximum Gasteiger partial charge on any atom is 0.271 e. The molecule has 126 valence electrons. The Morgan fingerprint density at radius 3 is 2.52 bits per heavy atom. The van der Waals surface area contributed by atoms with Gasteiger partial charge in [0.2, 0.25) is 5.91 Å². The van der Waals surface area contributed by atoms with Gasteiger partial charge >= 0.3 is 0 Å². The quantitative estimate of drug-likeness (QED) is 0.612. The van der Waals surface area contributed by atoms with Crippen molar-refractivity contribution in [2.75, 3.05) is 25.4 Å². The fourth-order valence-electron chi connectivity index (χ4n) is 1.99. The molecule has 0 spiro atoms. The minimum Gasteiger partial charge on any atom is -0.490 e. The lowest BCUT2D eigenvalue weighted by atomic mass is 10.2. The highest BCUT2D eigenvalue weighted by Gasteiger charge is 2.19. The Kier molecular flexibility index (Phi) is 6.77. The van der Waals surface area contributed by atoms with Crippen molar-refractivity contribution >= 4 is 21.8 Å². The van der Waals surface area contributed by atoms with Gasteiger partial charge in [-0.15, -0.1) is 0 Å². The lowest BCUT2D eigenvalue weighted by Gasteiger charge is -2.16. The van der Waals surface area contributed by atoms with Crippen molar-refractivity contribution in [1.82, 2.24) is 4.90 Å². The second kappa shape index (κ2) is 8.33. The predicted octanol–water partition coefficient (Wildman–Crippen LogP) is -0.710. The van der Waals surface area contributed by atoms with Crippen LogP contribution in [0.25, 0.3) is 0 Å². The Bertz CT molecular complexity index is 691. The average molecular weight is 341 g/mol. The third-order valence-corrected chi connectivity index (χ3v) is 2.96. The highest BCUT2D eigenvalue weighted by molar-refractivity contribution is 7.86. The first-order valence-electron chi connectivity index (χ1n) is 6.72. The van der Waals surface area contributed by atoms with Crippen LogP contribution in [0.15, 0.2) is 18.2 Å². The summed E-state index contributed by atoms with van der Waals surface area (Å²) in [6.07, 6.45) is 1.54. The van der Waals surface area contributed by atoms with E-state index < -0.39 is 10.2 Å². The zero-order chi connectivity index (χ0) is 17.5. The molecule has 1 aliphatic heterocycles. The smallest absolute Gasteiger partial charge is 0.271 e. The normalized spacial score (nSPS) is 14.0. The van der Waals surface area contributed by atoms with E-state index in [-0.39, 0.29) is 5.91 Å². The number of likely N-dealkylation sites (tertiary alicyclic amines) is 1. The first-order valence-corrected chi connectivity index (χ1v) is 8.33. The van der Waals surface area contributed by atoms with Crippen molar-refractivity contribution < 1.29 is 17.9 Å².